The molecule has 3 heterocycles. The van der Waals surface area contributed by atoms with E-state index >= 15 is 0 Å². The first-order valence-electron chi connectivity index (χ1n) is 11.5. The molecule has 5 rings (SSSR count). The summed E-state index contributed by atoms with van der Waals surface area (Å²) < 4.78 is 4.91. The molecule has 178 valence electrons. The van der Waals surface area contributed by atoms with Crippen LogP contribution in [-0.4, -0.2) is 38.2 Å². The van der Waals surface area contributed by atoms with Gasteiger partial charge in [-0.25, -0.2) is 4.98 Å². The lowest BCUT2D eigenvalue weighted by atomic mass is 9.88. The van der Waals surface area contributed by atoms with Gasteiger partial charge in [-0.2, -0.15) is 5.10 Å². The number of nitrogens with zero attached hydrogens (tertiary/aromatic N) is 3. The lowest BCUT2D eigenvalue weighted by molar-refractivity contribution is -0.119. The van der Waals surface area contributed by atoms with Crippen molar-refractivity contribution >= 4 is 29.2 Å². The number of hydrogen-bond donors (Lipinski definition) is 3. The second-order valence-corrected chi connectivity index (χ2v) is 9.71. The third kappa shape index (κ3) is 4.44. The molecule has 2 saturated carbocycles. The summed E-state index contributed by atoms with van der Waals surface area (Å²) >= 11 is 6.49. The van der Waals surface area contributed by atoms with Crippen molar-refractivity contribution in [3.8, 4) is 11.1 Å². The van der Waals surface area contributed by atoms with Crippen molar-refractivity contribution in [1.29, 1.82) is 0 Å². The molecule has 2 fully saturated rings. The highest BCUT2D eigenvalue weighted by Gasteiger charge is 2.48. The summed E-state index contributed by atoms with van der Waals surface area (Å²) in [5.74, 6) is 0.658. The average Bonchev–Trinajstić information content (AvgIpc) is 3.73. The predicted molar refractivity (Wildman–Crippen MR) is 126 cm³/mol. The van der Waals surface area contributed by atoms with Gasteiger partial charge in [0.15, 0.2) is 0 Å². The molecule has 1 atom stereocenters. The number of anilines is 1. The van der Waals surface area contributed by atoms with Crippen molar-refractivity contribution in [3.63, 3.8) is 0 Å². The maximum atomic E-state index is 13.5. The van der Waals surface area contributed by atoms with E-state index < -0.39 is 6.04 Å². The molecular formula is C24H27ClN6O3. The fraction of sp³-hybridized carbons (Fsp3) is 0.458. The summed E-state index contributed by atoms with van der Waals surface area (Å²) in [7, 11) is 0. The highest BCUT2D eigenvalue weighted by molar-refractivity contribution is 6.32. The molecule has 9 nitrogen and oxygen atoms in total. The van der Waals surface area contributed by atoms with Crippen LogP contribution in [0.1, 0.15) is 53.1 Å². The number of aromatic amines is 1. The van der Waals surface area contributed by atoms with Crippen LogP contribution < -0.4 is 10.6 Å². The third-order valence-electron chi connectivity index (χ3n) is 6.78. The first kappa shape index (κ1) is 22.6. The molecule has 0 aromatic carbocycles. The van der Waals surface area contributed by atoms with Crippen LogP contribution in [0.25, 0.3) is 11.1 Å². The maximum Gasteiger partial charge on any atom is 0.257 e. The average molecular weight is 483 g/mol. The van der Waals surface area contributed by atoms with E-state index in [1.54, 1.807) is 13.0 Å². The number of carbonyl (C=O) groups excluding carboxylic acids is 2. The zero-order valence-electron chi connectivity index (χ0n) is 19.3. The molecule has 10 heteroatoms. The number of aromatic nitrogens is 4. The van der Waals surface area contributed by atoms with Gasteiger partial charge in [-0.05, 0) is 76.3 Å². The molecule has 0 spiro atoms. The maximum absolute atomic E-state index is 13.5. The number of rotatable bonds is 8. The first-order valence-corrected chi connectivity index (χ1v) is 11.9. The zero-order chi connectivity index (χ0) is 24.0. The van der Waals surface area contributed by atoms with Gasteiger partial charge < -0.3 is 15.2 Å². The Kier molecular flexibility index (Phi) is 5.89. The molecule has 34 heavy (non-hydrogen) atoms. The summed E-state index contributed by atoms with van der Waals surface area (Å²) in [4.78, 5) is 30.8. The molecule has 2 amide bonds. The smallest absolute Gasteiger partial charge is 0.257 e. The van der Waals surface area contributed by atoms with Crippen LogP contribution in [0.3, 0.4) is 0 Å². The van der Waals surface area contributed by atoms with E-state index in [1.807, 2.05) is 19.9 Å². The lowest BCUT2D eigenvalue weighted by Gasteiger charge is -2.27. The van der Waals surface area contributed by atoms with E-state index in [0.29, 0.717) is 28.9 Å². The van der Waals surface area contributed by atoms with E-state index in [4.69, 9.17) is 16.1 Å². The van der Waals surface area contributed by atoms with Crippen molar-refractivity contribution < 1.29 is 14.1 Å². The Bertz CT molecular complexity index is 1210. The van der Waals surface area contributed by atoms with Crippen LogP contribution in [0.2, 0.25) is 5.15 Å². The van der Waals surface area contributed by atoms with Gasteiger partial charge in [0, 0.05) is 16.8 Å². The number of aryl methyl sites for hydroxylation is 3. The van der Waals surface area contributed by atoms with E-state index in [1.165, 1.54) is 6.26 Å². The number of carbonyl (C=O) groups is 2. The van der Waals surface area contributed by atoms with E-state index in [9.17, 15) is 9.59 Å². The van der Waals surface area contributed by atoms with Crippen molar-refractivity contribution in [2.45, 2.75) is 52.5 Å². The Morgan fingerprint density at radius 1 is 1.12 bits per heavy atom. The summed E-state index contributed by atoms with van der Waals surface area (Å²) in [6.07, 6.45) is 5.62. The van der Waals surface area contributed by atoms with Gasteiger partial charge in [-0.3, -0.25) is 14.7 Å². The topological polar surface area (TPSA) is 126 Å². The Hall–Kier alpha value is -3.20. The van der Waals surface area contributed by atoms with Crippen LogP contribution in [0.15, 0.2) is 22.9 Å². The summed E-state index contributed by atoms with van der Waals surface area (Å²) in [6, 6.07) is 2.86. The van der Waals surface area contributed by atoms with Gasteiger partial charge in [0.05, 0.1) is 11.4 Å². The predicted octanol–water partition coefficient (Wildman–Crippen LogP) is 4.21. The van der Waals surface area contributed by atoms with Gasteiger partial charge in [0.25, 0.3) is 5.91 Å². The van der Waals surface area contributed by atoms with Crippen LogP contribution in [0, 0.1) is 38.5 Å². The van der Waals surface area contributed by atoms with Crippen LogP contribution >= 0.6 is 11.6 Å². The Balaban J connectivity index is 1.38. The fourth-order valence-electron chi connectivity index (χ4n) is 4.80. The SMILES string of the molecule is Cc1nocc1C(=O)N[C@H](C(=O)Nc1ccc(-c2c(C)n[nH]c2C)c(Cl)n1)C(C1CC1)C1CC1. The Morgan fingerprint density at radius 3 is 2.35 bits per heavy atom. The number of H-pyrrole nitrogens is 1. The van der Waals surface area contributed by atoms with E-state index in [2.05, 4.69) is 31.0 Å². The highest BCUT2D eigenvalue weighted by atomic mass is 35.5. The van der Waals surface area contributed by atoms with E-state index in [0.717, 1.165) is 48.2 Å². The van der Waals surface area contributed by atoms with Crippen LogP contribution in [-0.2, 0) is 4.79 Å². The molecule has 0 aliphatic heterocycles. The standard InChI is InChI=1S/C24H27ClN6O3/c1-11-17(10-34-31-11)23(32)28-21(20(14-4-5-14)15-6-7-15)24(33)27-18-9-8-16(22(25)26-18)19-12(2)29-30-13(19)3/h8-10,14-15,20-21H,4-7H2,1-3H3,(H,28,32)(H,29,30)(H,26,27,33)/t21-/m0/s1. The van der Waals surface area contributed by atoms with Crippen molar-refractivity contribution in [1.82, 2.24) is 25.7 Å². The molecule has 0 bridgehead atoms. The monoisotopic (exact) mass is 482 g/mol. The number of nitrogens with one attached hydrogen (secondary N) is 3. The summed E-state index contributed by atoms with van der Waals surface area (Å²) in [5.41, 5.74) is 4.17. The minimum absolute atomic E-state index is 0.0927. The molecule has 2 aliphatic rings. The van der Waals surface area contributed by atoms with Gasteiger partial charge in [-0.15, -0.1) is 0 Å². The first-order chi connectivity index (χ1) is 16.3. The molecule has 3 N–H and O–H groups in total. The summed E-state index contributed by atoms with van der Waals surface area (Å²) in [5, 5.41) is 17.1. The molecule has 0 unspecified atom stereocenters. The molecule has 0 saturated heterocycles. The lowest BCUT2D eigenvalue weighted by Crippen LogP contribution is -2.50. The van der Waals surface area contributed by atoms with E-state index in [-0.39, 0.29) is 22.9 Å². The Morgan fingerprint density at radius 2 is 1.82 bits per heavy atom. The minimum Gasteiger partial charge on any atom is -0.364 e. The number of hydrogen-bond acceptors (Lipinski definition) is 6. The zero-order valence-corrected chi connectivity index (χ0v) is 20.1. The van der Waals surface area contributed by atoms with Gasteiger partial charge in [0.1, 0.15) is 28.8 Å². The van der Waals surface area contributed by atoms with Crippen molar-refractivity contribution in [2.75, 3.05) is 5.32 Å². The van der Waals surface area contributed by atoms with Crippen molar-refractivity contribution in [3.05, 3.63) is 46.2 Å². The molecular weight excluding hydrogens is 456 g/mol. The van der Waals surface area contributed by atoms with Gasteiger partial charge in [0.2, 0.25) is 5.91 Å². The molecule has 2 aliphatic carbocycles. The second-order valence-electron chi connectivity index (χ2n) is 9.35. The largest absolute Gasteiger partial charge is 0.364 e. The quantitative estimate of drug-likeness (QED) is 0.413. The third-order valence-corrected chi connectivity index (χ3v) is 7.07. The molecule has 0 radical (unpaired) electrons. The highest BCUT2D eigenvalue weighted by Crippen LogP contribution is 2.51. The molecule has 3 aromatic rings. The Labute approximate surface area is 202 Å². The number of amides is 2. The normalized spacial score (nSPS) is 16.5. The molecule has 3 aromatic heterocycles. The second kappa shape index (κ2) is 8.87. The van der Waals surface area contributed by atoms with Gasteiger partial charge in [-0.1, -0.05) is 16.8 Å². The van der Waals surface area contributed by atoms with Gasteiger partial charge >= 0.3 is 0 Å². The van der Waals surface area contributed by atoms with Crippen LogP contribution in [0.5, 0.6) is 0 Å². The van der Waals surface area contributed by atoms with Crippen molar-refractivity contribution in [2.24, 2.45) is 17.8 Å². The number of pyridine rings is 1. The number of halogens is 1. The van der Waals surface area contributed by atoms with Crippen LogP contribution in [0.4, 0.5) is 5.82 Å². The fourth-order valence-corrected chi connectivity index (χ4v) is 5.05. The minimum atomic E-state index is -0.680. The summed E-state index contributed by atoms with van der Waals surface area (Å²) in [6.45, 7) is 5.51.